The first kappa shape index (κ1) is 13.3. The summed E-state index contributed by atoms with van der Waals surface area (Å²) in [4.78, 5) is 14.0. The molecule has 2 atom stereocenters. The Morgan fingerprint density at radius 3 is 2.89 bits per heavy atom. The van der Waals surface area contributed by atoms with E-state index in [1.165, 1.54) is 4.88 Å². The maximum Gasteiger partial charge on any atom is 0.244 e. The summed E-state index contributed by atoms with van der Waals surface area (Å²) in [5, 5.41) is 12.6. The molecule has 98 valence electrons. The number of rotatable bonds is 3. The number of hydrogen-bond acceptors (Lipinski definition) is 3. The topological polar surface area (TPSA) is 49.3 Å². The normalized spacial score (nSPS) is 24.3. The maximum atomic E-state index is 11.7. The second-order valence-electron chi connectivity index (χ2n) is 4.75. The third kappa shape index (κ3) is 3.68. The molecule has 1 amide bonds. The van der Waals surface area contributed by atoms with Gasteiger partial charge in [-0.15, -0.1) is 11.3 Å². The fraction of sp³-hybridized carbons (Fsp3) is 0.500. The van der Waals surface area contributed by atoms with Gasteiger partial charge in [0, 0.05) is 15.8 Å². The Balaban J connectivity index is 1.86. The van der Waals surface area contributed by atoms with E-state index in [4.69, 9.17) is 0 Å². The second-order valence-corrected chi connectivity index (χ2v) is 6.07. The van der Waals surface area contributed by atoms with Crippen LogP contribution in [-0.2, 0) is 4.79 Å². The molecule has 4 heteroatoms. The van der Waals surface area contributed by atoms with Gasteiger partial charge in [0.25, 0.3) is 0 Å². The van der Waals surface area contributed by atoms with Gasteiger partial charge in [0.05, 0.1) is 12.1 Å². The molecule has 2 N–H and O–H groups in total. The fourth-order valence-electron chi connectivity index (χ4n) is 2.21. The van der Waals surface area contributed by atoms with Crippen molar-refractivity contribution in [3.05, 3.63) is 28.0 Å². The van der Waals surface area contributed by atoms with E-state index < -0.39 is 0 Å². The number of thiophene rings is 1. The van der Waals surface area contributed by atoms with Crippen molar-refractivity contribution < 1.29 is 9.90 Å². The first-order valence-electron chi connectivity index (χ1n) is 6.38. The summed E-state index contributed by atoms with van der Waals surface area (Å²) in [6.45, 7) is 2.04. The molecule has 2 rings (SSSR count). The molecule has 0 spiro atoms. The zero-order valence-electron chi connectivity index (χ0n) is 10.6. The highest BCUT2D eigenvalue weighted by atomic mass is 32.1. The molecule has 18 heavy (non-hydrogen) atoms. The van der Waals surface area contributed by atoms with Crippen LogP contribution in [-0.4, -0.2) is 23.2 Å². The highest BCUT2D eigenvalue weighted by Gasteiger charge is 2.23. The largest absolute Gasteiger partial charge is 0.391 e. The van der Waals surface area contributed by atoms with Crippen LogP contribution in [0.1, 0.15) is 35.4 Å². The molecule has 0 unspecified atom stereocenters. The van der Waals surface area contributed by atoms with Crippen LogP contribution in [0.15, 0.2) is 18.2 Å². The van der Waals surface area contributed by atoms with E-state index in [1.807, 2.05) is 25.1 Å². The van der Waals surface area contributed by atoms with Crippen molar-refractivity contribution in [1.29, 1.82) is 0 Å². The minimum atomic E-state index is -0.389. The van der Waals surface area contributed by atoms with Gasteiger partial charge in [-0.3, -0.25) is 4.79 Å². The predicted octanol–water partition coefficient (Wildman–Crippen LogP) is 2.49. The lowest BCUT2D eigenvalue weighted by Crippen LogP contribution is -2.44. The third-order valence-electron chi connectivity index (χ3n) is 3.22. The van der Waals surface area contributed by atoms with Crippen LogP contribution < -0.4 is 5.32 Å². The first-order chi connectivity index (χ1) is 8.65. The van der Waals surface area contributed by atoms with Gasteiger partial charge in [-0.2, -0.15) is 0 Å². The van der Waals surface area contributed by atoms with Gasteiger partial charge in [0.2, 0.25) is 5.91 Å². The van der Waals surface area contributed by atoms with Crippen molar-refractivity contribution in [2.75, 3.05) is 0 Å². The van der Waals surface area contributed by atoms with Gasteiger partial charge >= 0.3 is 0 Å². The van der Waals surface area contributed by atoms with E-state index in [9.17, 15) is 9.90 Å². The summed E-state index contributed by atoms with van der Waals surface area (Å²) in [6, 6.07) is 3.95. The third-order valence-corrected chi connectivity index (χ3v) is 4.18. The Kier molecular flexibility index (Phi) is 4.55. The number of carbonyl (C=O) groups is 1. The zero-order chi connectivity index (χ0) is 13.0. The minimum Gasteiger partial charge on any atom is -0.391 e. The van der Waals surface area contributed by atoms with Crippen molar-refractivity contribution in [1.82, 2.24) is 5.32 Å². The van der Waals surface area contributed by atoms with Crippen molar-refractivity contribution in [2.24, 2.45) is 0 Å². The van der Waals surface area contributed by atoms with Crippen molar-refractivity contribution in [2.45, 2.75) is 44.8 Å². The van der Waals surface area contributed by atoms with Crippen LogP contribution in [0.5, 0.6) is 0 Å². The van der Waals surface area contributed by atoms with Crippen LogP contribution in [0.3, 0.4) is 0 Å². The van der Waals surface area contributed by atoms with Gasteiger partial charge in [0.1, 0.15) is 0 Å². The van der Waals surface area contributed by atoms with E-state index in [-0.39, 0.29) is 18.1 Å². The molecular formula is C14H19NO2S. The van der Waals surface area contributed by atoms with Gasteiger partial charge in [-0.05, 0) is 38.0 Å². The average Bonchev–Trinajstić information content (AvgIpc) is 2.76. The van der Waals surface area contributed by atoms with Crippen molar-refractivity contribution >= 4 is 23.3 Å². The first-order valence-corrected chi connectivity index (χ1v) is 7.20. The zero-order valence-corrected chi connectivity index (χ0v) is 11.4. The SMILES string of the molecule is Cc1ccc(/C=C/C(=O)N[C@@H]2CCCC[C@H]2O)s1. The number of amides is 1. The molecule has 0 aromatic carbocycles. The molecule has 1 aliphatic rings. The van der Waals surface area contributed by atoms with Crippen LogP contribution in [0.2, 0.25) is 0 Å². The van der Waals surface area contributed by atoms with Crippen LogP contribution in [0.4, 0.5) is 0 Å². The van der Waals surface area contributed by atoms with E-state index in [0.29, 0.717) is 0 Å². The molecule has 0 saturated heterocycles. The summed E-state index contributed by atoms with van der Waals surface area (Å²) < 4.78 is 0. The van der Waals surface area contributed by atoms with E-state index in [0.717, 1.165) is 30.6 Å². The summed E-state index contributed by atoms with van der Waals surface area (Å²) in [6.07, 6.45) is 6.78. The number of aliphatic hydroxyl groups is 1. The van der Waals surface area contributed by atoms with Gasteiger partial charge in [-0.1, -0.05) is 12.8 Å². The number of aliphatic hydroxyl groups excluding tert-OH is 1. The Morgan fingerprint density at radius 2 is 2.22 bits per heavy atom. The lowest BCUT2D eigenvalue weighted by molar-refractivity contribution is -0.118. The number of aryl methyl sites for hydroxylation is 1. The van der Waals surface area contributed by atoms with Crippen LogP contribution >= 0.6 is 11.3 Å². The molecular weight excluding hydrogens is 246 g/mol. The van der Waals surface area contributed by atoms with Crippen molar-refractivity contribution in [3.63, 3.8) is 0 Å². The standard InChI is InChI=1S/C14H19NO2S/c1-10-6-7-11(18-10)8-9-14(17)15-12-4-2-3-5-13(12)16/h6-9,12-13,16H,2-5H2,1H3,(H,15,17)/b9-8+/t12-,13-/m1/s1. The monoisotopic (exact) mass is 265 g/mol. The molecule has 1 saturated carbocycles. The molecule has 1 aromatic heterocycles. The van der Waals surface area contributed by atoms with Crippen LogP contribution in [0.25, 0.3) is 6.08 Å². The van der Waals surface area contributed by atoms with Gasteiger partial charge in [0.15, 0.2) is 0 Å². The molecule has 1 aromatic rings. The summed E-state index contributed by atoms with van der Waals surface area (Å²) in [7, 11) is 0. The second kappa shape index (κ2) is 6.16. The maximum absolute atomic E-state index is 11.7. The molecule has 1 fully saturated rings. The smallest absolute Gasteiger partial charge is 0.244 e. The fourth-order valence-corrected chi connectivity index (χ4v) is 2.99. The molecule has 1 aliphatic carbocycles. The summed E-state index contributed by atoms with van der Waals surface area (Å²) in [5.41, 5.74) is 0. The number of nitrogens with one attached hydrogen (secondary N) is 1. The van der Waals surface area contributed by atoms with E-state index in [1.54, 1.807) is 17.4 Å². The number of carbonyl (C=O) groups excluding carboxylic acids is 1. The Morgan fingerprint density at radius 1 is 1.44 bits per heavy atom. The molecule has 1 heterocycles. The molecule has 3 nitrogen and oxygen atoms in total. The highest BCUT2D eigenvalue weighted by Crippen LogP contribution is 2.19. The van der Waals surface area contributed by atoms with E-state index in [2.05, 4.69) is 5.32 Å². The quantitative estimate of drug-likeness (QED) is 0.825. The summed E-state index contributed by atoms with van der Waals surface area (Å²) in [5.74, 6) is -0.119. The lowest BCUT2D eigenvalue weighted by Gasteiger charge is -2.27. The van der Waals surface area contributed by atoms with Gasteiger partial charge in [-0.25, -0.2) is 0 Å². The Hall–Kier alpha value is -1.13. The summed E-state index contributed by atoms with van der Waals surface area (Å²) >= 11 is 1.66. The van der Waals surface area contributed by atoms with Crippen molar-refractivity contribution in [3.8, 4) is 0 Å². The predicted molar refractivity (Wildman–Crippen MR) is 74.5 cm³/mol. The Labute approximate surface area is 112 Å². The average molecular weight is 265 g/mol. The minimum absolute atomic E-state index is 0.0824. The highest BCUT2D eigenvalue weighted by molar-refractivity contribution is 7.12. The van der Waals surface area contributed by atoms with E-state index >= 15 is 0 Å². The molecule has 0 aliphatic heterocycles. The Bertz CT molecular complexity index is 439. The lowest BCUT2D eigenvalue weighted by atomic mass is 9.92. The van der Waals surface area contributed by atoms with Crippen LogP contribution in [0, 0.1) is 6.92 Å². The number of hydrogen-bond donors (Lipinski definition) is 2. The molecule has 0 radical (unpaired) electrons. The van der Waals surface area contributed by atoms with Gasteiger partial charge < -0.3 is 10.4 Å². The molecule has 0 bridgehead atoms.